The van der Waals surface area contributed by atoms with Crippen LogP contribution in [0.3, 0.4) is 0 Å². The van der Waals surface area contributed by atoms with Crippen molar-refractivity contribution in [2.45, 2.75) is 24.6 Å². The van der Waals surface area contributed by atoms with Gasteiger partial charge in [0.1, 0.15) is 0 Å². The number of alkyl halides is 6. The van der Waals surface area contributed by atoms with Gasteiger partial charge in [-0.15, -0.1) is 0 Å². The number of ether oxygens (including phenoxy) is 1. The number of carboxylic acid groups (broad SMARTS) is 1. The Morgan fingerprint density at radius 2 is 1.06 bits per heavy atom. The molecule has 2 aromatic rings. The zero-order valence-corrected chi connectivity index (χ0v) is 15.6. The van der Waals surface area contributed by atoms with E-state index in [1.54, 1.807) is 0 Å². The second kappa shape index (κ2) is 10.3. The highest BCUT2D eigenvalue weighted by molar-refractivity contribution is 5.76. The van der Waals surface area contributed by atoms with Crippen molar-refractivity contribution in [1.29, 1.82) is 0 Å². The van der Waals surface area contributed by atoms with E-state index in [-0.39, 0.29) is 11.1 Å². The Hall–Kier alpha value is -3.12. The number of halogens is 6. The summed E-state index contributed by atoms with van der Waals surface area (Å²) in [6, 6.07) is 6.96. The van der Waals surface area contributed by atoms with Crippen molar-refractivity contribution in [2.75, 3.05) is 7.11 Å². The smallest absolute Gasteiger partial charge is 0.416 e. The molecular formula is C19H16F6O6. The summed E-state index contributed by atoms with van der Waals surface area (Å²) in [5.41, 5.74) is -1.76. The first-order chi connectivity index (χ1) is 14.2. The fraction of sp³-hybridized carbons (Fsp3) is 0.263. The molecule has 0 amide bonds. The Bertz CT molecular complexity index is 875. The number of aliphatic hydroxyl groups excluding tert-OH is 2. The summed E-state index contributed by atoms with van der Waals surface area (Å²) in [7, 11) is 1.08. The topological polar surface area (TPSA) is 104 Å². The van der Waals surface area contributed by atoms with Crippen molar-refractivity contribution in [1.82, 2.24) is 0 Å². The molecule has 31 heavy (non-hydrogen) atoms. The lowest BCUT2D eigenvalue weighted by atomic mass is 10.1. The van der Waals surface area contributed by atoms with E-state index in [2.05, 4.69) is 4.74 Å². The Morgan fingerprint density at radius 1 is 0.742 bits per heavy atom. The fourth-order valence-electron chi connectivity index (χ4n) is 2.10. The molecule has 0 heterocycles. The van der Waals surface area contributed by atoms with Gasteiger partial charge in [0.15, 0.2) is 12.2 Å². The molecule has 2 rings (SSSR count). The molecule has 3 N–H and O–H groups in total. The van der Waals surface area contributed by atoms with Gasteiger partial charge in [-0.2, -0.15) is 26.3 Å². The Labute approximate surface area is 171 Å². The molecule has 0 aliphatic carbocycles. The molecular weight excluding hydrogens is 438 g/mol. The maximum absolute atomic E-state index is 12.2. The summed E-state index contributed by atoms with van der Waals surface area (Å²) in [6.07, 6.45) is -12.3. The Kier molecular flexibility index (Phi) is 8.58. The largest absolute Gasteiger partial charge is 0.479 e. The number of esters is 1. The van der Waals surface area contributed by atoms with Gasteiger partial charge < -0.3 is 20.1 Å². The number of aliphatic hydroxyl groups is 2. The first kappa shape index (κ1) is 25.9. The third-order valence-electron chi connectivity index (χ3n) is 3.77. The second-order valence-corrected chi connectivity index (χ2v) is 5.91. The molecule has 12 heteroatoms. The number of aliphatic carboxylic acids is 1. The van der Waals surface area contributed by atoms with Crippen LogP contribution >= 0.6 is 0 Å². The molecule has 170 valence electrons. The maximum atomic E-state index is 12.2. The first-order valence-corrected chi connectivity index (χ1v) is 8.19. The van der Waals surface area contributed by atoms with Gasteiger partial charge in [0.05, 0.1) is 18.2 Å². The summed E-state index contributed by atoms with van der Waals surface area (Å²) < 4.78 is 77.1. The van der Waals surface area contributed by atoms with Crippen molar-refractivity contribution in [3.8, 4) is 0 Å². The average Bonchev–Trinajstić information content (AvgIpc) is 2.71. The summed E-state index contributed by atoms with van der Waals surface area (Å²) in [5, 5.41) is 26.7. The zero-order chi connectivity index (χ0) is 24.0. The molecule has 2 atom stereocenters. The lowest BCUT2D eigenvalue weighted by Gasteiger charge is -2.10. The van der Waals surface area contributed by atoms with Crippen LogP contribution in [0.5, 0.6) is 0 Å². The predicted molar refractivity (Wildman–Crippen MR) is 92.5 cm³/mol. The first-order valence-electron chi connectivity index (χ1n) is 8.19. The maximum Gasteiger partial charge on any atom is 0.416 e. The molecule has 0 saturated heterocycles. The quantitative estimate of drug-likeness (QED) is 0.481. The van der Waals surface area contributed by atoms with E-state index in [9.17, 15) is 41.0 Å². The fourth-order valence-corrected chi connectivity index (χ4v) is 2.10. The number of rotatable bonds is 4. The highest BCUT2D eigenvalue weighted by atomic mass is 19.4. The van der Waals surface area contributed by atoms with Crippen LogP contribution in [0.2, 0.25) is 0 Å². The van der Waals surface area contributed by atoms with Crippen LogP contribution in [0.15, 0.2) is 48.5 Å². The molecule has 2 aromatic carbocycles. The van der Waals surface area contributed by atoms with Crippen LogP contribution in [0.1, 0.15) is 34.5 Å². The molecule has 0 bridgehead atoms. The number of carbonyl (C=O) groups excluding carboxylic acids is 1. The number of hydrogen-bond acceptors (Lipinski definition) is 5. The molecule has 0 radical (unpaired) electrons. The minimum atomic E-state index is -4.47. The van der Waals surface area contributed by atoms with Crippen molar-refractivity contribution < 1.29 is 56.0 Å². The number of carbonyl (C=O) groups is 2. The predicted octanol–water partition coefficient (Wildman–Crippen LogP) is 3.74. The van der Waals surface area contributed by atoms with Crippen molar-refractivity contribution >= 4 is 11.9 Å². The minimum absolute atomic E-state index is 0.0554. The van der Waals surface area contributed by atoms with Gasteiger partial charge in [-0.1, -0.05) is 24.3 Å². The van der Waals surface area contributed by atoms with Crippen molar-refractivity contribution in [2.24, 2.45) is 0 Å². The zero-order valence-electron chi connectivity index (χ0n) is 15.6. The van der Waals surface area contributed by atoms with Crippen LogP contribution in [-0.2, 0) is 26.7 Å². The summed E-state index contributed by atoms with van der Waals surface area (Å²) in [4.78, 5) is 21.2. The van der Waals surface area contributed by atoms with E-state index < -0.39 is 47.6 Å². The Balaban J connectivity index is 0.000000311. The summed E-state index contributed by atoms with van der Waals surface area (Å²) >= 11 is 0. The molecule has 0 saturated carbocycles. The van der Waals surface area contributed by atoms with E-state index in [0.29, 0.717) is 0 Å². The summed E-state index contributed by atoms with van der Waals surface area (Å²) in [5.74, 6) is -2.42. The molecule has 0 aliphatic rings. The average molecular weight is 454 g/mol. The number of benzene rings is 2. The Morgan fingerprint density at radius 3 is 1.32 bits per heavy atom. The molecule has 1 unspecified atom stereocenters. The van der Waals surface area contributed by atoms with E-state index in [1.165, 1.54) is 0 Å². The molecule has 0 fully saturated rings. The lowest BCUT2D eigenvalue weighted by Crippen LogP contribution is -2.14. The van der Waals surface area contributed by atoms with E-state index in [1.807, 2.05) is 0 Å². The molecule has 0 spiro atoms. The standard InChI is InChI=1S/C10H9F3O3.C9H7F3O3/c1-16-9(15)8(14)6-2-4-7(5-3-6)10(11,12)13;10-9(11,12)6-3-1-5(2-4-6)7(13)8(14)15/h2-5,8,14H,1H3;1-4,7,13H,(H,14,15)/t;7-/m.0/s1. The number of hydrogen-bond donors (Lipinski definition) is 3. The van der Waals surface area contributed by atoms with E-state index in [0.717, 1.165) is 55.6 Å². The van der Waals surface area contributed by atoms with Crippen molar-refractivity contribution in [3.05, 3.63) is 70.8 Å². The third kappa shape index (κ3) is 7.57. The lowest BCUT2D eigenvalue weighted by molar-refractivity contribution is -0.150. The van der Waals surface area contributed by atoms with Gasteiger partial charge in [0.2, 0.25) is 0 Å². The molecule has 0 aromatic heterocycles. The van der Waals surface area contributed by atoms with Crippen LogP contribution in [0.25, 0.3) is 0 Å². The van der Waals surface area contributed by atoms with Crippen LogP contribution in [0, 0.1) is 0 Å². The van der Waals surface area contributed by atoms with Gasteiger partial charge >= 0.3 is 24.3 Å². The number of carboxylic acids is 1. The van der Waals surface area contributed by atoms with Gasteiger partial charge in [-0.05, 0) is 35.4 Å². The van der Waals surface area contributed by atoms with Crippen LogP contribution in [-0.4, -0.2) is 34.4 Å². The van der Waals surface area contributed by atoms with Crippen LogP contribution in [0.4, 0.5) is 26.3 Å². The van der Waals surface area contributed by atoms with Gasteiger partial charge in [-0.25, -0.2) is 9.59 Å². The van der Waals surface area contributed by atoms with E-state index >= 15 is 0 Å². The third-order valence-corrected chi connectivity index (χ3v) is 3.77. The monoisotopic (exact) mass is 454 g/mol. The minimum Gasteiger partial charge on any atom is -0.479 e. The number of methoxy groups -OCH3 is 1. The molecule has 0 aliphatic heterocycles. The van der Waals surface area contributed by atoms with Crippen LogP contribution < -0.4 is 0 Å². The van der Waals surface area contributed by atoms with Gasteiger partial charge in [0, 0.05) is 0 Å². The second-order valence-electron chi connectivity index (χ2n) is 5.91. The normalized spacial score (nSPS) is 13.5. The molecule has 6 nitrogen and oxygen atoms in total. The van der Waals surface area contributed by atoms with Gasteiger partial charge in [-0.3, -0.25) is 0 Å². The summed E-state index contributed by atoms with van der Waals surface area (Å²) in [6.45, 7) is 0. The highest BCUT2D eigenvalue weighted by Crippen LogP contribution is 2.30. The SMILES string of the molecule is COC(=O)C(O)c1ccc(C(F)(F)F)cc1.O=C(O)[C@@H](O)c1ccc(C(F)(F)F)cc1. The highest BCUT2D eigenvalue weighted by Gasteiger charge is 2.31. The van der Waals surface area contributed by atoms with Gasteiger partial charge in [0.25, 0.3) is 0 Å². The van der Waals surface area contributed by atoms with Crippen molar-refractivity contribution in [3.63, 3.8) is 0 Å². The van der Waals surface area contributed by atoms with E-state index in [4.69, 9.17) is 10.2 Å².